The number of anilines is 3. The minimum Gasteiger partial charge on any atom is -0.383 e. The first-order valence-corrected chi connectivity index (χ1v) is 7.30. The van der Waals surface area contributed by atoms with E-state index < -0.39 is 4.92 Å². The second-order valence-electron chi connectivity index (χ2n) is 5.10. The average Bonchev–Trinajstić information content (AvgIpc) is 2.98. The number of para-hydroxylation sites is 1. The van der Waals surface area contributed by atoms with Gasteiger partial charge in [0.2, 0.25) is 11.6 Å². The van der Waals surface area contributed by atoms with Crippen molar-refractivity contribution in [1.82, 2.24) is 9.97 Å². The van der Waals surface area contributed by atoms with E-state index in [1.165, 1.54) is 6.33 Å². The summed E-state index contributed by atoms with van der Waals surface area (Å²) in [4.78, 5) is 21.2. The molecule has 0 saturated heterocycles. The zero-order valence-electron chi connectivity index (χ0n) is 12.7. The molecule has 0 amide bonds. The van der Waals surface area contributed by atoms with Crippen molar-refractivity contribution in [2.75, 3.05) is 37.0 Å². The van der Waals surface area contributed by atoms with Crippen molar-refractivity contribution in [3.63, 3.8) is 0 Å². The van der Waals surface area contributed by atoms with Gasteiger partial charge >= 0.3 is 5.69 Å². The Labute approximate surface area is 133 Å². The van der Waals surface area contributed by atoms with Gasteiger partial charge in [-0.15, -0.1) is 0 Å². The molecular weight excluding hydrogens is 298 g/mol. The van der Waals surface area contributed by atoms with Gasteiger partial charge in [0.25, 0.3) is 0 Å². The first kappa shape index (κ1) is 15.2. The van der Waals surface area contributed by atoms with Crippen LogP contribution >= 0.6 is 0 Å². The van der Waals surface area contributed by atoms with Crippen LogP contribution < -0.4 is 10.2 Å². The fourth-order valence-corrected chi connectivity index (χ4v) is 2.69. The predicted octanol–water partition coefficient (Wildman–Crippen LogP) is 2.14. The molecule has 120 valence electrons. The zero-order chi connectivity index (χ0) is 16.2. The molecule has 1 aliphatic rings. The van der Waals surface area contributed by atoms with Crippen LogP contribution in [-0.2, 0) is 11.2 Å². The Morgan fingerprint density at radius 3 is 3.00 bits per heavy atom. The van der Waals surface area contributed by atoms with Crippen LogP contribution in [0.15, 0.2) is 30.6 Å². The van der Waals surface area contributed by atoms with E-state index in [9.17, 15) is 10.1 Å². The molecule has 0 spiro atoms. The van der Waals surface area contributed by atoms with E-state index in [1.807, 2.05) is 29.2 Å². The Bertz CT molecular complexity index is 722. The molecule has 3 rings (SSSR count). The summed E-state index contributed by atoms with van der Waals surface area (Å²) in [6.45, 7) is 1.53. The summed E-state index contributed by atoms with van der Waals surface area (Å²) in [5.74, 6) is 0.524. The quantitative estimate of drug-likeness (QED) is 0.496. The van der Waals surface area contributed by atoms with E-state index in [0.29, 0.717) is 25.5 Å². The van der Waals surface area contributed by atoms with Gasteiger partial charge in [-0.25, -0.2) is 9.97 Å². The van der Waals surface area contributed by atoms with E-state index >= 15 is 0 Å². The van der Waals surface area contributed by atoms with Gasteiger partial charge in [0.1, 0.15) is 6.33 Å². The van der Waals surface area contributed by atoms with Crippen molar-refractivity contribution in [3.8, 4) is 0 Å². The number of ether oxygens (including phenoxy) is 1. The lowest BCUT2D eigenvalue weighted by Crippen LogP contribution is -2.19. The Hall–Kier alpha value is -2.74. The number of nitrogens with one attached hydrogen (secondary N) is 1. The van der Waals surface area contributed by atoms with Crippen LogP contribution in [0.5, 0.6) is 0 Å². The Balaban J connectivity index is 1.99. The fraction of sp³-hybridized carbons (Fsp3) is 0.333. The Morgan fingerprint density at radius 1 is 1.39 bits per heavy atom. The summed E-state index contributed by atoms with van der Waals surface area (Å²) in [5, 5.41) is 14.5. The molecule has 0 radical (unpaired) electrons. The van der Waals surface area contributed by atoms with Gasteiger partial charge in [-0.2, -0.15) is 0 Å². The summed E-state index contributed by atoms with van der Waals surface area (Å²) in [6.07, 6.45) is 2.18. The molecular formula is C15H17N5O3. The maximum atomic E-state index is 11.6. The molecule has 0 fully saturated rings. The van der Waals surface area contributed by atoms with Crippen molar-refractivity contribution in [2.45, 2.75) is 6.42 Å². The van der Waals surface area contributed by atoms with Gasteiger partial charge < -0.3 is 15.0 Å². The summed E-state index contributed by atoms with van der Waals surface area (Å²) in [5.41, 5.74) is 2.01. The largest absolute Gasteiger partial charge is 0.383 e. The normalized spacial score (nSPS) is 13.0. The first-order valence-electron chi connectivity index (χ1n) is 7.30. The standard InChI is InChI=1S/C15H17N5O3/c1-23-9-7-16-14-13(20(21)22)15(18-10-17-14)19-8-6-11-4-2-3-5-12(11)19/h2-5,10H,6-9H2,1H3,(H,16,17,18). The maximum Gasteiger partial charge on any atom is 0.353 e. The minimum absolute atomic E-state index is 0.111. The number of hydrogen-bond donors (Lipinski definition) is 1. The van der Waals surface area contributed by atoms with Crippen molar-refractivity contribution < 1.29 is 9.66 Å². The second kappa shape index (κ2) is 6.57. The van der Waals surface area contributed by atoms with Crippen LogP contribution in [0.2, 0.25) is 0 Å². The van der Waals surface area contributed by atoms with Crippen LogP contribution in [-0.4, -0.2) is 41.7 Å². The summed E-state index contributed by atoms with van der Waals surface area (Å²) in [6, 6.07) is 7.86. The van der Waals surface area contributed by atoms with Crippen molar-refractivity contribution >= 4 is 23.0 Å². The van der Waals surface area contributed by atoms with E-state index in [4.69, 9.17) is 4.74 Å². The van der Waals surface area contributed by atoms with Crippen molar-refractivity contribution in [2.24, 2.45) is 0 Å². The summed E-state index contributed by atoms with van der Waals surface area (Å²) in [7, 11) is 1.57. The lowest BCUT2D eigenvalue weighted by Gasteiger charge is -2.18. The highest BCUT2D eigenvalue weighted by Crippen LogP contribution is 2.39. The fourth-order valence-electron chi connectivity index (χ4n) is 2.69. The Kier molecular flexibility index (Phi) is 4.33. The third-order valence-corrected chi connectivity index (χ3v) is 3.73. The number of fused-ring (bicyclic) bond motifs is 1. The van der Waals surface area contributed by atoms with Gasteiger partial charge in [0, 0.05) is 25.9 Å². The lowest BCUT2D eigenvalue weighted by atomic mass is 10.2. The van der Waals surface area contributed by atoms with E-state index in [2.05, 4.69) is 15.3 Å². The van der Waals surface area contributed by atoms with E-state index in [-0.39, 0.29) is 11.5 Å². The first-order chi connectivity index (χ1) is 11.2. The van der Waals surface area contributed by atoms with E-state index in [1.54, 1.807) is 7.11 Å². The number of aromatic nitrogens is 2. The second-order valence-corrected chi connectivity index (χ2v) is 5.10. The van der Waals surface area contributed by atoms with Crippen LogP contribution in [0.3, 0.4) is 0 Å². The van der Waals surface area contributed by atoms with Gasteiger partial charge in [-0.1, -0.05) is 18.2 Å². The summed E-state index contributed by atoms with van der Waals surface area (Å²) < 4.78 is 4.95. The highest BCUT2D eigenvalue weighted by atomic mass is 16.6. The van der Waals surface area contributed by atoms with Crippen LogP contribution in [0.1, 0.15) is 5.56 Å². The smallest absolute Gasteiger partial charge is 0.353 e. The molecule has 1 N–H and O–H groups in total. The van der Waals surface area contributed by atoms with Crippen molar-refractivity contribution in [3.05, 3.63) is 46.3 Å². The van der Waals surface area contributed by atoms with Gasteiger partial charge in [-0.05, 0) is 18.1 Å². The molecule has 0 saturated carbocycles. The molecule has 2 heterocycles. The molecule has 8 heteroatoms. The molecule has 0 aliphatic carbocycles. The molecule has 1 aliphatic heterocycles. The molecule has 1 aromatic heterocycles. The molecule has 2 aromatic rings. The highest BCUT2D eigenvalue weighted by Gasteiger charge is 2.31. The molecule has 8 nitrogen and oxygen atoms in total. The molecule has 1 aromatic carbocycles. The van der Waals surface area contributed by atoms with Crippen LogP contribution in [0, 0.1) is 10.1 Å². The third-order valence-electron chi connectivity index (χ3n) is 3.73. The Morgan fingerprint density at radius 2 is 2.22 bits per heavy atom. The number of nitrogens with zero attached hydrogens (tertiary/aromatic N) is 4. The van der Waals surface area contributed by atoms with Crippen molar-refractivity contribution in [1.29, 1.82) is 0 Å². The summed E-state index contributed by atoms with van der Waals surface area (Å²) >= 11 is 0. The number of nitro groups is 1. The minimum atomic E-state index is -0.439. The number of methoxy groups -OCH3 is 1. The number of benzene rings is 1. The average molecular weight is 315 g/mol. The maximum absolute atomic E-state index is 11.6. The predicted molar refractivity (Wildman–Crippen MR) is 86.2 cm³/mol. The molecule has 0 bridgehead atoms. The molecule has 23 heavy (non-hydrogen) atoms. The zero-order valence-corrected chi connectivity index (χ0v) is 12.7. The van der Waals surface area contributed by atoms with E-state index in [0.717, 1.165) is 17.7 Å². The third kappa shape index (κ3) is 2.93. The SMILES string of the molecule is COCCNc1ncnc(N2CCc3ccccc32)c1[N+](=O)[O-]. The van der Waals surface area contributed by atoms with Gasteiger partial charge in [0.15, 0.2) is 0 Å². The number of rotatable bonds is 6. The van der Waals surface area contributed by atoms with Gasteiger partial charge in [-0.3, -0.25) is 10.1 Å². The monoisotopic (exact) mass is 315 g/mol. The molecule has 0 atom stereocenters. The molecule has 0 unspecified atom stereocenters. The highest BCUT2D eigenvalue weighted by molar-refractivity contribution is 5.78. The van der Waals surface area contributed by atoms with Gasteiger partial charge in [0.05, 0.1) is 11.5 Å². The number of hydrogen-bond acceptors (Lipinski definition) is 7. The van der Waals surface area contributed by atoms with Crippen LogP contribution in [0.25, 0.3) is 0 Å². The lowest BCUT2D eigenvalue weighted by molar-refractivity contribution is -0.383. The van der Waals surface area contributed by atoms with Crippen LogP contribution in [0.4, 0.5) is 23.0 Å². The topological polar surface area (TPSA) is 93.4 Å².